The van der Waals surface area contributed by atoms with E-state index in [0.29, 0.717) is 11.5 Å². The summed E-state index contributed by atoms with van der Waals surface area (Å²) in [6.45, 7) is 11.1. The van der Waals surface area contributed by atoms with Crippen molar-refractivity contribution in [3.8, 4) is 0 Å². The zero-order chi connectivity index (χ0) is 17.3. The number of rotatable bonds is 5. The Bertz CT molecular complexity index is 652. The maximum atomic E-state index is 11.5. The summed E-state index contributed by atoms with van der Waals surface area (Å²) in [5.41, 5.74) is 5.45. The van der Waals surface area contributed by atoms with Crippen LogP contribution in [0.3, 0.4) is 0 Å². The van der Waals surface area contributed by atoms with E-state index in [0.717, 1.165) is 43.0 Å². The molecule has 6 heteroatoms. The standard InChI is InChI=1S/C18H26N4O2/c1-12(2)20-18(3)7-13(8-18)10-22-5-4-14-6-15(17(23)21-24)9-19-16(14)11-22/h6,9,13,20,24H,1,4-5,7-8,10-11H2,2-3H3,(H,21,23). The highest BCUT2D eigenvalue weighted by atomic mass is 16.5. The van der Waals surface area contributed by atoms with Crippen molar-refractivity contribution >= 4 is 5.91 Å². The van der Waals surface area contributed by atoms with Gasteiger partial charge in [-0.3, -0.25) is 19.9 Å². The van der Waals surface area contributed by atoms with Crippen molar-refractivity contribution in [1.29, 1.82) is 0 Å². The van der Waals surface area contributed by atoms with Gasteiger partial charge in [0, 0.05) is 37.1 Å². The third-order valence-corrected chi connectivity index (χ3v) is 5.00. The highest BCUT2D eigenvalue weighted by Crippen LogP contribution is 2.39. The van der Waals surface area contributed by atoms with E-state index in [1.807, 2.05) is 13.0 Å². The number of nitrogens with zero attached hydrogens (tertiary/aromatic N) is 2. The third kappa shape index (κ3) is 3.60. The number of amides is 1. The highest BCUT2D eigenvalue weighted by Gasteiger charge is 2.40. The Morgan fingerprint density at radius 2 is 2.29 bits per heavy atom. The Morgan fingerprint density at radius 1 is 1.54 bits per heavy atom. The van der Waals surface area contributed by atoms with Gasteiger partial charge in [-0.2, -0.15) is 0 Å². The molecular weight excluding hydrogens is 304 g/mol. The second kappa shape index (κ2) is 6.53. The van der Waals surface area contributed by atoms with Crippen LogP contribution in [0, 0.1) is 5.92 Å². The van der Waals surface area contributed by atoms with Gasteiger partial charge in [-0.25, -0.2) is 5.48 Å². The van der Waals surface area contributed by atoms with Gasteiger partial charge in [-0.05, 0) is 50.7 Å². The molecule has 3 rings (SSSR count). The Kier molecular flexibility index (Phi) is 4.60. The molecule has 24 heavy (non-hydrogen) atoms. The molecule has 0 saturated heterocycles. The lowest BCUT2D eigenvalue weighted by atomic mass is 9.69. The van der Waals surface area contributed by atoms with Crippen molar-refractivity contribution in [2.24, 2.45) is 5.92 Å². The second-order valence-corrected chi connectivity index (χ2v) is 7.50. The maximum absolute atomic E-state index is 11.5. The minimum Gasteiger partial charge on any atom is -0.384 e. The van der Waals surface area contributed by atoms with Gasteiger partial charge in [0.25, 0.3) is 5.91 Å². The third-order valence-electron chi connectivity index (χ3n) is 5.00. The van der Waals surface area contributed by atoms with Crippen molar-refractivity contribution in [3.05, 3.63) is 41.4 Å². The van der Waals surface area contributed by atoms with E-state index in [4.69, 9.17) is 5.21 Å². The first-order valence-electron chi connectivity index (χ1n) is 8.47. The molecule has 0 spiro atoms. The molecule has 2 aliphatic rings. The summed E-state index contributed by atoms with van der Waals surface area (Å²) >= 11 is 0. The molecule has 3 N–H and O–H groups in total. The number of aromatic nitrogens is 1. The fraction of sp³-hybridized carbons (Fsp3) is 0.556. The minimum atomic E-state index is -0.508. The van der Waals surface area contributed by atoms with E-state index < -0.39 is 5.91 Å². The number of carbonyl (C=O) groups is 1. The fourth-order valence-corrected chi connectivity index (χ4v) is 4.14. The molecule has 1 aromatic heterocycles. The van der Waals surface area contributed by atoms with E-state index in [-0.39, 0.29) is 5.54 Å². The smallest absolute Gasteiger partial charge is 0.276 e. The van der Waals surface area contributed by atoms with Crippen molar-refractivity contribution in [2.75, 3.05) is 13.1 Å². The largest absolute Gasteiger partial charge is 0.384 e. The molecule has 0 atom stereocenters. The van der Waals surface area contributed by atoms with E-state index in [1.54, 1.807) is 5.48 Å². The fourth-order valence-electron chi connectivity index (χ4n) is 4.14. The van der Waals surface area contributed by atoms with Crippen LogP contribution in [0.1, 0.15) is 48.3 Å². The average molecular weight is 330 g/mol. The van der Waals surface area contributed by atoms with Gasteiger partial charge in [-0.1, -0.05) is 6.58 Å². The number of fused-ring (bicyclic) bond motifs is 1. The quantitative estimate of drug-likeness (QED) is 0.567. The molecule has 0 bridgehead atoms. The second-order valence-electron chi connectivity index (χ2n) is 7.50. The number of pyridine rings is 1. The predicted molar refractivity (Wildman–Crippen MR) is 91.5 cm³/mol. The van der Waals surface area contributed by atoms with Gasteiger partial charge in [-0.15, -0.1) is 0 Å². The Morgan fingerprint density at radius 3 is 2.96 bits per heavy atom. The summed E-state index contributed by atoms with van der Waals surface area (Å²) < 4.78 is 0. The van der Waals surface area contributed by atoms with Crippen LogP contribution in [0.2, 0.25) is 0 Å². The van der Waals surface area contributed by atoms with Gasteiger partial charge in [0.05, 0.1) is 11.3 Å². The highest BCUT2D eigenvalue weighted by molar-refractivity contribution is 5.93. The molecule has 0 aromatic carbocycles. The van der Waals surface area contributed by atoms with Gasteiger partial charge >= 0.3 is 0 Å². The number of carbonyl (C=O) groups excluding carboxylic acids is 1. The van der Waals surface area contributed by atoms with Crippen molar-refractivity contribution in [1.82, 2.24) is 20.7 Å². The first kappa shape index (κ1) is 16.9. The summed E-state index contributed by atoms with van der Waals surface area (Å²) in [6.07, 6.45) is 4.77. The Balaban J connectivity index is 1.55. The molecule has 1 aliphatic heterocycles. The summed E-state index contributed by atoms with van der Waals surface area (Å²) in [5, 5.41) is 12.2. The Labute approximate surface area is 142 Å². The maximum Gasteiger partial charge on any atom is 0.276 e. The number of nitrogens with one attached hydrogen (secondary N) is 2. The molecule has 0 radical (unpaired) electrons. The van der Waals surface area contributed by atoms with Crippen LogP contribution in [-0.2, 0) is 13.0 Å². The zero-order valence-corrected chi connectivity index (χ0v) is 14.4. The van der Waals surface area contributed by atoms with E-state index in [1.165, 1.54) is 19.0 Å². The topological polar surface area (TPSA) is 77.5 Å². The zero-order valence-electron chi connectivity index (χ0n) is 14.4. The van der Waals surface area contributed by atoms with Crippen molar-refractivity contribution in [3.63, 3.8) is 0 Å². The number of hydroxylamine groups is 1. The van der Waals surface area contributed by atoms with Crippen molar-refractivity contribution in [2.45, 2.75) is 45.2 Å². The van der Waals surface area contributed by atoms with Crippen LogP contribution in [0.25, 0.3) is 0 Å². The van der Waals surface area contributed by atoms with Crippen LogP contribution in [-0.4, -0.2) is 39.6 Å². The molecule has 1 amide bonds. The van der Waals surface area contributed by atoms with Crippen LogP contribution in [0.5, 0.6) is 0 Å². The SMILES string of the molecule is C=C(C)NC1(C)CC(CN2CCc3cc(C(=O)NO)cnc3C2)C1. The first-order valence-corrected chi connectivity index (χ1v) is 8.47. The molecule has 0 unspecified atom stereocenters. The van der Waals surface area contributed by atoms with Crippen LogP contribution in [0.15, 0.2) is 24.5 Å². The van der Waals surface area contributed by atoms with Crippen LogP contribution in [0.4, 0.5) is 0 Å². The van der Waals surface area contributed by atoms with Crippen molar-refractivity contribution < 1.29 is 10.0 Å². The molecular formula is C18H26N4O2. The molecule has 130 valence electrons. The lowest BCUT2D eigenvalue weighted by Gasteiger charge is -2.48. The Hall–Kier alpha value is -1.92. The molecule has 1 saturated carbocycles. The molecule has 1 fully saturated rings. The number of hydrogen-bond acceptors (Lipinski definition) is 5. The van der Waals surface area contributed by atoms with Crippen LogP contribution < -0.4 is 10.8 Å². The van der Waals surface area contributed by atoms with E-state index in [2.05, 4.69) is 28.7 Å². The number of hydrogen-bond donors (Lipinski definition) is 3. The average Bonchev–Trinajstić information content (AvgIpc) is 2.51. The predicted octanol–water partition coefficient (Wildman–Crippen LogP) is 1.85. The minimum absolute atomic E-state index is 0.203. The summed E-state index contributed by atoms with van der Waals surface area (Å²) in [5.74, 6) is 0.203. The van der Waals surface area contributed by atoms with E-state index >= 15 is 0 Å². The normalized spacial score (nSPS) is 26.2. The summed E-state index contributed by atoms with van der Waals surface area (Å²) in [4.78, 5) is 18.3. The molecule has 1 aliphatic carbocycles. The number of allylic oxidation sites excluding steroid dienone is 1. The van der Waals surface area contributed by atoms with E-state index in [9.17, 15) is 4.79 Å². The van der Waals surface area contributed by atoms with Gasteiger partial charge in [0.15, 0.2) is 0 Å². The molecule has 1 aromatic rings. The summed E-state index contributed by atoms with van der Waals surface area (Å²) in [7, 11) is 0. The van der Waals surface area contributed by atoms with Crippen LogP contribution >= 0.6 is 0 Å². The van der Waals surface area contributed by atoms with Gasteiger partial charge in [0.2, 0.25) is 0 Å². The van der Waals surface area contributed by atoms with Gasteiger partial charge in [0.1, 0.15) is 0 Å². The lowest BCUT2D eigenvalue weighted by Crippen LogP contribution is -2.54. The monoisotopic (exact) mass is 330 g/mol. The first-order chi connectivity index (χ1) is 11.4. The van der Waals surface area contributed by atoms with Gasteiger partial charge < -0.3 is 5.32 Å². The lowest BCUT2D eigenvalue weighted by molar-refractivity contribution is 0.0705. The summed E-state index contributed by atoms with van der Waals surface area (Å²) in [6, 6.07) is 1.84. The molecule has 6 nitrogen and oxygen atoms in total. The molecule has 2 heterocycles.